The molecule has 176 valence electrons. The molecular formula is C26H36N6O. The molecule has 0 radical (unpaired) electrons. The van der Waals surface area contributed by atoms with Gasteiger partial charge in [0.1, 0.15) is 0 Å². The molecule has 3 aromatic rings. The van der Waals surface area contributed by atoms with Crippen LogP contribution in [0.3, 0.4) is 0 Å². The maximum Gasteiger partial charge on any atom is 0.215 e. The molecule has 2 heterocycles. The van der Waals surface area contributed by atoms with Crippen LogP contribution in [0.2, 0.25) is 0 Å². The van der Waals surface area contributed by atoms with E-state index in [1.165, 1.54) is 0 Å². The Labute approximate surface area is 197 Å². The van der Waals surface area contributed by atoms with Gasteiger partial charge in [-0.15, -0.1) is 0 Å². The summed E-state index contributed by atoms with van der Waals surface area (Å²) in [5, 5.41) is 0. The number of nitrogens with one attached hydrogen (secondary N) is 2. The molecule has 0 amide bonds. The number of hydrazine groups is 1. The van der Waals surface area contributed by atoms with Crippen LogP contribution in [0.4, 0.5) is 17.1 Å². The Bertz CT molecular complexity index is 989. The maximum atomic E-state index is 6.08. The number of aromatic nitrogens is 2. The second-order valence-corrected chi connectivity index (χ2v) is 8.13. The molecular weight excluding hydrogens is 412 g/mol. The Morgan fingerprint density at radius 1 is 1.00 bits per heavy atom. The van der Waals surface area contributed by atoms with E-state index in [2.05, 4.69) is 40.6 Å². The van der Waals surface area contributed by atoms with Crippen LogP contribution in [-0.2, 0) is 13.0 Å². The molecule has 3 rings (SSSR count). The summed E-state index contributed by atoms with van der Waals surface area (Å²) in [5.41, 5.74) is 18.3. The smallest absolute Gasteiger partial charge is 0.215 e. The van der Waals surface area contributed by atoms with Crippen molar-refractivity contribution in [3.8, 4) is 5.88 Å². The predicted molar refractivity (Wildman–Crippen MR) is 137 cm³/mol. The highest BCUT2D eigenvalue weighted by molar-refractivity contribution is 5.66. The van der Waals surface area contributed by atoms with Crippen LogP contribution in [0, 0.1) is 6.92 Å². The molecule has 0 aliphatic rings. The van der Waals surface area contributed by atoms with Crippen molar-refractivity contribution in [1.29, 1.82) is 0 Å². The lowest BCUT2D eigenvalue weighted by Gasteiger charge is -2.25. The van der Waals surface area contributed by atoms with Crippen molar-refractivity contribution in [3.63, 3.8) is 0 Å². The zero-order valence-corrected chi connectivity index (χ0v) is 20.0. The summed E-state index contributed by atoms with van der Waals surface area (Å²) >= 11 is 0. The first-order valence-electron chi connectivity index (χ1n) is 11.7. The largest absolute Gasteiger partial charge is 0.477 e. The van der Waals surface area contributed by atoms with E-state index in [1.54, 1.807) is 6.20 Å². The number of nitrogens with two attached hydrogens (primary N) is 1. The third-order valence-electron chi connectivity index (χ3n) is 5.23. The van der Waals surface area contributed by atoms with Gasteiger partial charge in [-0.1, -0.05) is 26.0 Å². The second kappa shape index (κ2) is 12.6. The highest BCUT2D eigenvalue weighted by Gasteiger charge is 2.11. The lowest BCUT2D eigenvalue weighted by atomic mass is 10.2. The average molecular weight is 449 g/mol. The number of hydrogen-bond donors (Lipinski definition) is 3. The number of hydrogen-bond acceptors (Lipinski definition) is 7. The highest BCUT2D eigenvalue weighted by atomic mass is 16.5. The van der Waals surface area contributed by atoms with Crippen molar-refractivity contribution in [1.82, 2.24) is 15.4 Å². The van der Waals surface area contributed by atoms with Crippen LogP contribution < -0.4 is 26.2 Å². The van der Waals surface area contributed by atoms with Gasteiger partial charge in [-0.2, -0.15) is 0 Å². The van der Waals surface area contributed by atoms with Crippen LogP contribution in [-0.4, -0.2) is 29.7 Å². The number of nitrogens with zero attached hydrogens (tertiary/aromatic N) is 3. The number of anilines is 3. The lowest BCUT2D eigenvalue weighted by molar-refractivity contribution is 0.307. The first-order valence-corrected chi connectivity index (χ1v) is 11.7. The fourth-order valence-electron chi connectivity index (χ4n) is 3.62. The van der Waals surface area contributed by atoms with Crippen molar-refractivity contribution in [2.45, 2.75) is 46.6 Å². The summed E-state index contributed by atoms with van der Waals surface area (Å²) in [5.74, 6) is 0.632. The molecule has 0 atom stereocenters. The Morgan fingerprint density at radius 3 is 2.55 bits per heavy atom. The molecule has 0 aliphatic carbocycles. The standard InChI is InChI=1S/C26H36N6O/c1-4-13-32(14-5-2)23-17-22(19-29-31-25-16-20(3)9-10-24(25)27)30-26(18-23)33-15-11-21-8-6-7-12-28-21/h6-10,12,16-18,29,31H,4-5,11,13-15,19,27H2,1-3H3. The van der Waals surface area contributed by atoms with Gasteiger partial charge < -0.3 is 20.8 Å². The number of benzene rings is 1. The monoisotopic (exact) mass is 448 g/mol. The molecule has 7 heteroatoms. The normalized spacial score (nSPS) is 10.8. The van der Waals surface area contributed by atoms with Gasteiger partial charge in [0.15, 0.2) is 0 Å². The van der Waals surface area contributed by atoms with Crippen molar-refractivity contribution in [2.75, 3.05) is 35.8 Å². The lowest BCUT2D eigenvalue weighted by Crippen LogP contribution is -2.26. The van der Waals surface area contributed by atoms with Gasteiger partial charge in [0, 0.05) is 43.2 Å². The number of nitrogen functional groups attached to an aromatic ring is 1. The average Bonchev–Trinajstić information content (AvgIpc) is 2.82. The summed E-state index contributed by atoms with van der Waals surface area (Å²) in [6.45, 7) is 9.50. The zero-order chi connectivity index (χ0) is 23.5. The first kappa shape index (κ1) is 24.3. The number of rotatable bonds is 13. The van der Waals surface area contributed by atoms with Crippen molar-refractivity contribution in [3.05, 3.63) is 71.7 Å². The van der Waals surface area contributed by atoms with Crippen molar-refractivity contribution < 1.29 is 4.74 Å². The molecule has 4 N–H and O–H groups in total. The van der Waals surface area contributed by atoms with E-state index >= 15 is 0 Å². The van der Waals surface area contributed by atoms with E-state index in [0.717, 1.165) is 60.7 Å². The van der Waals surface area contributed by atoms with E-state index in [4.69, 9.17) is 15.5 Å². The Balaban J connectivity index is 1.71. The molecule has 0 fully saturated rings. The van der Waals surface area contributed by atoms with Crippen molar-refractivity contribution >= 4 is 17.1 Å². The van der Waals surface area contributed by atoms with Crippen LogP contribution in [0.25, 0.3) is 0 Å². The van der Waals surface area contributed by atoms with E-state index in [9.17, 15) is 0 Å². The summed E-state index contributed by atoms with van der Waals surface area (Å²) in [6.07, 6.45) is 4.71. The maximum absolute atomic E-state index is 6.08. The molecule has 0 bridgehead atoms. The quantitative estimate of drug-likeness (QED) is 0.257. The zero-order valence-electron chi connectivity index (χ0n) is 20.0. The summed E-state index contributed by atoms with van der Waals surface area (Å²) in [6, 6.07) is 16.0. The minimum atomic E-state index is 0.528. The second-order valence-electron chi connectivity index (χ2n) is 8.13. The Hall–Kier alpha value is -3.32. The SMILES string of the molecule is CCCN(CCC)c1cc(CNNc2cc(C)ccc2N)nc(OCCc2ccccn2)c1. The highest BCUT2D eigenvalue weighted by Crippen LogP contribution is 2.23. The minimum Gasteiger partial charge on any atom is -0.477 e. The van der Waals surface area contributed by atoms with E-state index in [-0.39, 0.29) is 0 Å². The first-order chi connectivity index (χ1) is 16.1. The molecule has 7 nitrogen and oxygen atoms in total. The fraction of sp³-hybridized carbons (Fsp3) is 0.385. The summed E-state index contributed by atoms with van der Waals surface area (Å²) < 4.78 is 6.05. The van der Waals surface area contributed by atoms with Crippen molar-refractivity contribution in [2.24, 2.45) is 0 Å². The molecule has 0 unspecified atom stereocenters. The van der Waals surface area contributed by atoms with Crippen LogP contribution in [0.15, 0.2) is 54.7 Å². The van der Waals surface area contributed by atoms with E-state index in [0.29, 0.717) is 24.7 Å². The van der Waals surface area contributed by atoms with Crippen LogP contribution in [0.1, 0.15) is 43.6 Å². The summed E-state index contributed by atoms with van der Waals surface area (Å²) in [4.78, 5) is 11.5. The molecule has 1 aromatic carbocycles. The van der Waals surface area contributed by atoms with Gasteiger partial charge in [-0.25, -0.2) is 10.4 Å². The number of ether oxygens (including phenoxy) is 1. The topological polar surface area (TPSA) is 88.3 Å². The van der Waals surface area contributed by atoms with Crippen LogP contribution >= 0.6 is 0 Å². The molecule has 0 spiro atoms. The third kappa shape index (κ3) is 7.64. The number of pyridine rings is 2. The van der Waals surface area contributed by atoms with Gasteiger partial charge in [-0.05, 0) is 55.7 Å². The minimum absolute atomic E-state index is 0.528. The van der Waals surface area contributed by atoms with E-state index in [1.807, 2.05) is 49.4 Å². The Morgan fingerprint density at radius 2 is 1.82 bits per heavy atom. The molecule has 0 aliphatic heterocycles. The van der Waals surface area contributed by atoms with Gasteiger partial charge >= 0.3 is 0 Å². The Kier molecular flexibility index (Phi) is 9.32. The molecule has 0 saturated carbocycles. The third-order valence-corrected chi connectivity index (χ3v) is 5.23. The molecule has 0 saturated heterocycles. The molecule has 33 heavy (non-hydrogen) atoms. The van der Waals surface area contributed by atoms with Gasteiger partial charge in [0.25, 0.3) is 0 Å². The van der Waals surface area contributed by atoms with Gasteiger partial charge in [0.05, 0.1) is 30.2 Å². The predicted octanol–water partition coefficient (Wildman–Crippen LogP) is 4.73. The van der Waals surface area contributed by atoms with Crippen LogP contribution in [0.5, 0.6) is 5.88 Å². The summed E-state index contributed by atoms with van der Waals surface area (Å²) in [7, 11) is 0. The van der Waals surface area contributed by atoms with Gasteiger partial charge in [0.2, 0.25) is 5.88 Å². The molecule has 2 aromatic heterocycles. The number of aryl methyl sites for hydroxylation is 1. The van der Waals surface area contributed by atoms with Gasteiger partial charge in [-0.3, -0.25) is 4.98 Å². The van der Waals surface area contributed by atoms with E-state index < -0.39 is 0 Å². The fourth-order valence-corrected chi connectivity index (χ4v) is 3.62.